The van der Waals surface area contributed by atoms with Crippen LogP contribution in [0.3, 0.4) is 0 Å². The van der Waals surface area contributed by atoms with E-state index >= 15 is 0 Å². The smallest absolute Gasteiger partial charge is 0.251 e. The topological polar surface area (TPSA) is 79.4 Å². The van der Waals surface area contributed by atoms with Crippen LogP contribution in [-0.4, -0.2) is 43.3 Å². The molecule has 1 aromatic heterocycles. The van der Waals surface area contributed by atoms with Gasteiger partial charge in [-0.1, -0.05) is 22.9 Å². The predicted octanol–water partition coefficient (Wildman–Crippen LogP) is 1.09. The van der Waals surface area contributed by atoms with Gasteiger partial charge in [-0.25, -0.2) is 18.1 Å². The van der Waals surface area contributed by atoms with Gasteiger partial charge >= 0.3 is 0 Å². The van der Waals surface area contributed by atoms with Crippen molar-refractivity contribution < 1.29 is 13.2 Å². The van der Waals surface area contributed by atoms with Gasteiger partial charge in [0, 0.05) is 26.1 Å². The van der Waals surface area contributed by atoms with E-state index in [1.54, 1.807) is 4.90 Å². The van der Waals surface area contributed by atoms with E-state index in [9.17, 15) is 13.2 Å². The molecule has 0 aliphatic carbocycles. The summed E-state index contributed by atoms with van der Waals surface area (Å²) in [6, 6.07) is -0.151. The summed E-state index contributed by atoms with van der Waals surface area (Å²) in [5.74, 6) is 0.0237. The van der Waals surface area contributed by atoms with Crippen molar-refractivity contribution in [2.24, 2.45) is 0 Å². The molecule has 1 aliphatic rings. The van der Waals surface area contributed by atoms with Crippen LogP contribution in [0.4, 0.5) is 0 Å². The molecule has 0 unspecified atom stereocenters. The van der Waals surface area contributed by atoms with Crippen LogP contribution in [0.15, 0.2) is 10.4 Å². The molecule has 9 heteroatoms. The minimum Gasteiger partial charge on any atom is -0.343 e. The summed E-state index contributed by atoms with van der Waals surface area (Å²) in [5.41, 5.74) is 0. The fourth-order valence-electron chi connectivity index (χ4n) is 1.95. The molecule has 0 saturated carbocycles. The molecule has 1 N–H and O–H groups in total. The third-order valence-electron chi connectivity index (χ3n) is 2.98. The number of nitrogens with one attached hydrogen (secondary N) is 1. The van der Waals surface area contributed by atoms with Crippen molar-refractivity contribution in [2.45, 2.75) is 30.0 Å². The summed E-state index contributed by atoms with van der Waals surface area (Å²) < 4.78 is 27.0. The molecule has 106 valence electrons. The average Bonchev–Trinajstić information content (AvgIpc) is 2.77. The normalized spacial score (nSPS) is 17.7. The fraction of sp³-hybridized carbons (Fsp3) is 0.600. The molecule has 0 radical (unpaired) electrons. The molecular formula is C10H14ClN3O3S2. The quantitative estimate of drug-likeness (QED) is 0.903. The molecule has 1 amide bonds. The van der Waals surface area contributed by atoms with Gasteiger partial charge in [0.2, 0.25) is 5.91 Å². The molecule has 6 nitrogen and oxygen atoms in total. The molecule has 1 aliphatic heterocycles. The third kappa shape index (κ3) is 3.65. The zero-order chi connectivity index (χ0) is 14.0. The first-order valence-corrected chi connectivity index (χ1v) is 8.45. The summed E-state index contributed by atoms with van der Waals surface area (Å²) in [4.78, 5) is 16.6. The number of likely N-dealkylation sites (tertiary alicyclic amines) is 1. The highest BCUT2D eigenvalue weighted by atomic mass is 35.5. The number of carbonyl (C=O) groups is 1. The lowest BCUT2D eigenvalue weighted by Gasteiger charge is -2.31. The van der Waals surface area contributed by atoms with Crippen molar-refractivity contribution in [1.29, 1.82) is 0 Å². The summed E-state index contributed by atoms with van der Waals surface area (Å²) in [6.45, 7) is 2.67. The maximum Gasteiger partial charge on any atom is 0.251 e. The molecule has 0 aromatic carbocycles. The summed E-state index contributed by atoms with van der Waals surface area (Å²) >= 11 is 6.56. The first-order valence-electron chi connectivity index (χ1n) is 5.77. The highest BCUT2D eigenvalue weighted by Crippen LogP contribution is 2.23. The van der Waals surface area contributed by atoms with Crippen molar-refractivity contribution in [3.05, 3.63) is 10.7 Å². The van der Waals surface area contributed by atoms with E-state index < -0.39 is 10.0 Å². The zero-order valence-electron chi connectivity index (χ0n) is 10.3. The first-order chi connectivity index (χ1) is 8.88. The maximum atomic E-state index is 12.0. The van der Waals surface area contributed by atoms with Crippen LogP contribution in [0.5, 0.6) is 0 Å². The SMILES string of the molecule is CC(=O)N1CCC(NS(=O)(=O)c2cnc(Cl)s2)CC1. The Bertz CT molecular complexity index is 564. The standard InChI is InChI=1S/C10H14ClN3O3S2/c1-7(15)14-4-2-8(3-5-14)13-19(16,17)9-6-12-10(11)18-9/h6,8,13H,2-5H2,1H3. The molecule has 0 atom stereocenters. The molecule has 2 heterocycles. The Kier molecular flexibility index (Phi) is 4.44. The lowest BCUT2D eigenvalue weighted by molar-refractivity contribution is -0.129. The monoisotopic (exact) mass is 323 g/mol. The largest absolute Gasteiger partial charge is 0.343 e. The number of nitrogens with zero attached hydrogens (tertiary/aromatic N) is 2. The lowest BCUT2D eigenvalue weighted by Crippen LogP contribution is -2.45. The van der Waals surface area contributed by atoms with Crippen molar-refractivity contribution >= 4 is 38.9 Å². The zero-order valence-corrected chi connectivity index (χ0v) is 12.7. The predicted molar refractivity (Wildman–Crippen MR) is 72.7 cm³/mol. The Hall–Kier alpha value is -0.700. The van der Waals surface area contributed by atoms with Crippen LogP contribution in [0, 0.1) is 0 Å². The number of thiazole rings is 1. The van der Waals surface area contributed by atoms with Crippen LogP contribution in [0.2, 0.25) is 4.47 Å². The number of halogens is 1. The van der Waals surface area contributed by atoms with Crippen molar-refractivity contribution in [3.63, 3.8) is 0 Å². The van der Waals surface area contributed by atoms with Crippen molar-refractivity contribution in [1.82, 2.24) is 14.6 Å². The second-order valence-electron chi connectivity index (χ2n) is 4.33. The number of aromatic nitrogens is 1. The number of carbonyl (C=O) groups excluding carboxylic acids is 1. The summed E-state index contributed by atoms with van der Waals surface area (Å²) in [7, 11) is -3.56. The Labute approximate surface area is 120 Å². The average molecular weight is 324 g/mol. The first kappa shape index (κ1) is 14.7. The summed E-state index contributed by atoms with van der Waals surface area (Å²) in [6.07, 6.45) is 2.48. The number of hydrogen-bond acceptors (Lipinski definition) is 5. The van der Waals surface area contributed by atoms with Crippen LogP contribution < -0.4 is 4.72 Å². The summed E-state index contributed by atoms with van der Waals surface area (Å²) in [5, 5.41) is 0. The van der Waals surface area contributed by atoms with Gasteiger partial charge in [0.15, 0.2) is 8.68 Å². The second-order valence-corrected chi connectivity index (χ2v) is 7.89. The van der Waals surface area contributed by atoms with E-state index in [2.05, 4.69) is 9.71 Å². The molecule has 2 rings (SSSR count). The number of amides is 1. The van der Waals surface area contributed by atoms with Gasteiger partial charge in [0.1, 0.15) is 0 Å². The Morgan fingerprint density at radius 1 is 1.53 bits per heavy atom. The molecule has 0 spiro atoms. The van der Waals surface area contributed by atoms with E-state index in [4.69, 9.17) is 11.6 Å². The molecule has 19 heavy (non-hydrogen) atoms. The number of piperidine rings is 1. The minimum absolute atomic E-state index is 0.0237. The van der Waals surface area contributed by atoms with Crippen LogP contribution in [0.1, 0.15) is 19.8 Å². The lowest BCUT2D eigenvalue weighted by atomic mass is 10.1. The van der Waals surface area contributed by atoms with E-state index in [1.807, 2.05) is 0 Å². The minimum atomic E-state index is -3.56. The van der Waals surface area contributed by atoms with Crippen molar-refractivity contribution in [3.8, 4) is 0 Å². The second kappa shape index (κ2) is 5.74. The van der Waals surface area contributed by atoms with E-state index in [0.29, 0.717) is 25.9 Å². The van der Waals surface area contributed by atoms with Crippen molar-refractivity contribution in [2.75, 3.05) is 13.1 Å². The molecule has 1 fully saturated rings. The Morgan fingerprint density at radius 2 is 2.16 bits per heavy atom. The molecular weight excluding hydrogens is 310 g/mol. The van der Waals surface area contributed by atoms with Gasteiger partial charge in [-0.05, 0) is 12.8 Å². The van der Waals surface area contributed by atoms with E-state index in [0.717, 1.165) is 11.3 Å². The van der Waals surface area contributed by atoms with Gasteiger partial charge in [0.25, 0.3) is 10.0 Å². The van der Waals surface area contributed by atoms with E-state index in [1.165, 1.54) is 13.1 Å². The van der Waals surface area contributed by atoms with Crippen LogP contribution >= 0.6 is 22.9 Å². The maximum absolute atomic E-state index is 12.0. The van der Waals surface area contributed by atoms with Gasteiger partial charge in [-0.2, -0.15) is 0 Å². The van der Waals surface area contributed by atoms with Gasteiger partial charge in [-0.3, -0.25) is 4.79 Å². The molecule has 1 saturated heterocycles. The van der Waals surface area contributed by atoms with E-state index in [-0.39, 0.29) is 20.6 Å². The van der Waals surface area contributed by atoms with Crippen LogP contribution in [-0.2, 0) is 14.8 Å². The number of hydrogen-bond donors (Lipinski definition) is 1. The van der Waals surface area contributed by atoms with Gasteiger partial charge in [-0.15, -0.1) is 0 Å². The number of rotatable bonds is 3. The Morgan fingerprint density at radius 3 is 2.63 bits per heavy atom. The van der Waals surface area contributed by atoms with Gasteiger partial charge < -0.3 is 4.90 Å². The molecule has 0 bridgehead atoms. The van der Waals surface area contributed by atoms with Gasteiger partial charge in [0.05, 0.1) is 6.20 Å². The third-order valence-corrected chi connectivity index (χ3v) is 6.08. The molecule has 1 aromatic rings. The van der Waals surface area contributed by atoms with Crippen LogP contribution in [0.25, 0.3) is 0 Å². The number of sulfonamides is 1. The highest BCUT2D eigenvalue weighted by molar-refractivity contribution is 7.91. The Balaban J connectivity index is 1.97. The highest BCUT2D eigenvalue weighted by Gasteiger charge is 2.26. The fourth-order valence-corrected chi connectivity index (χ4v) is 4.57.